The molecule has 0 unspecified atom stereocenters. The van der Waals surface area contributed by atoms with E-state index in [1.165, 1.54) is 11.8 Å². The number of aromatic amines is 1. The van der Waals surface area contributed by atoms with Gasteiger partial charge in [-0.1, -0.05) is 18.7 Å². The molecule has 0 radical (unpaired) electrons. The standard InChI is InChI=1S/C19H24N6O2S/c1-5-12(2)25-16(10-11-20-25)21-18(26)13(3)28-19-22-17(23-24-19)14-6-8-15(27-4)9-7-14/h6-13H,5H2,1-4H3,(H,21,26)(H,22,23,24)/t12-,13-/m1/s1. The van der Waals surface area contributed by atoms with Crippen molar-refractivity contribution in [3.05, 3.63) is 36.5 Å². The number of nitrogens with one attached hydrogen (secondary N) is 2. The van der Waals surface area contributed by atoms with E-state index >= 15 is 0 Å². The van der Waals surface area contributed by atoms with Crippen LogP contribution in [0.5, 0.6) is 5.75 Å². The van der Waals surface area contributed by atoms with Crippen LogP contribution >= 0.6 is 11.8 Å². The first kappa shape index (κ1) is 19.9. The van der Waals surface area contributed by atoms with Crippen molar-refractivity contribution in [1.82, 2.24) is 25.0 Å². The highest BCUT2D eigenvalue weighted by atomic mass is 32.2. The van der Waals surface area contributed by atoms with Crippen molar-refractivity contribution in [2.45, 2.75) is 43.6 Å². The summed E-state index contributed by atoms with van der Waals surface area (Å²) in [6, 6.07) is 9.55. The van der Waals surface area contributed by atoms with E-state index in [2.05, 4.69) is 39.4 Å². The average Bonchev–Trinajstić information content (AvgIpc) is 3.37. The Kier molecular flexibility index (Phi) is 6.35. The molecule has 1 aromatic carbocycles. The molecule has 0 bridgehead atoms. The molecular formula is C19H24N6O2S. The lowest BCUT2D eigenvalue weighted by molar-refractivity contribution is -0.115. The van der Waals surface area contributed by atoms with Crippen molar-refractivity contribution >= 4 is 23.5 Å². The van der Waals surface area contributed by atoms with Gasteiger partial charge in [-0.2, -0.15) is 5.10 Å². The molecule has 9 heteroatoms. The number of hydrogen-bond donors (Lipinski definition) is 2. The second kappa shape index (κ2) is 8.92. The number of hydrogen-bond acceptors (Lipinski definition) is 6. The second-order valence-corrected chi connectivity index (χ2v) is 7.67. The van der Waals surface area contributed by atoms with Crippen LogP contribution in [-0.2, 0) is 4.79 Å². The maximum Gasteiger partial charge on any atom is 0.238 e. The lowest BCUT2D eigenvalue weighted by Crippen LogP contribution is -2.24. The van der Waals surface area contributed by atoms with E-state index in [9.17, 15) is 4.79 Å². The van der Waals surface area contributed by atoms with Crippen molar-refractivity contribution in [2.24, 2.45) is 0 Å². The minimum atomic E-state index is -0.361. The van der Waals surface area contributed by atoms with E-state index in [0.717, 1.165) is 17.7 Å². The van der Waals surface area contributed by atoms with Crippen molar-refractivity contribution in [1.29, 1.82) is 0 Å². The summed E-state index contributed by atoms with van der Waals surface area (Å²) in [6.07, 6.45) is 2.62. The summed E-state index contributed by atoms with van der Waals surface area (Å²) in [7, 11) is 1.63. The van der Waals surface area contributed by atoms with E-state index in [0.29, 0.717) is 16.8 Å². The molecule has 2 aromatic heterocycles. The summed E-state index contributed by atoms with van der Waals surface area (Å²) in [6.45, 7) is 5.97. The number of benzene rings is 1. The Morgan fingerprint density at radius 1 is 1.29 bits per heavy atom. The molecule has 0 aliphatic carbocycles. The molecule has 0 aliphatic heterocycles. The summed E-state index contributed by atoms with van der Waals surface area (Å²) in [4.78, 5) is 17.0. The first-order valence-corrected chi connectivity index (χ1v) is 9.97. The number of ether oxygens (including phenoxy) is 1. The van der Waals surface area contributed by atoms with Crippen LogP contribution in [0, 0.1) is 0 Å². The number of rotatable bonds is 8. The van der Waals surface area contributed by atoms with Gasteiger partial charge in [0, 0.05) is 11.6 Å². The molecule has 8 nitrogen and oxygen atoms in total. The van der Waals surface area contributed by atoms with Gasteiger partial charge in [0.1, 0.15) is 11.6 Å². The van der Waals surface area contributed by atoms with Crippen LogP contribution in [0.25, 0.3) is 11.4 Å². The number of nitrogens with zero attached hydrogens (tertiary/aromatic N) is 4. The van der Waals surface area contributed by atoms with Gasteiger partial charge < -0.3 is 10.1 Å². The third-order valence-corrected chi connectivity index (χ3v) is 5.37. The van der Waals surface area contributed by atoms with Gasteiger partial charge in [0.05, 0.1) is 24.6 Å². The SMILES string of the molecule is CC[C@@H](C)n1nccc1NC(=O)[C@@H](C)Sc1n[nH]c(-c2ccc(OC)cc2)n1. The smallest absolute Gasteiger partial charge is 0.238 e. The van der Waals surface area contributed by atoms with Crippen LogP contribution in [0.2, 0.25) is 0 Å². The number of anilines is 1. The van der Waals surface area contributed by atoms with Crippen LogP contribution in [-0.4, -0.2) is 43.2 Å². The fourth-order valence-electron chi connectivity index (χ4n) is 2.55. The topological polar surface area (TPSA) is 97.7 Å². The molecule has 0 saturated heterocycles. The number of carbonyl (C=O) groups is 1. The molecular weight excluding hydrogens is 376 g/mol. The van der Waals surface area contributed by atoms with Crippen molar-refractivity contribution < 1.29 is 9.53 Å². The second-order valence-electron chi connectivity index (χ2n) is 6.36. The molecule has 2 atom stereocenters. The highest BCUT2D eigenvalue weighted by Crippen LogP contribution is 2.25. The normalized spacial score (nSPS) is 13.1. The fourth-order valence-corrected chi connectivity index (χ4v) is 3.28. The average molecular weight is 401 g/mol. The van der Waals surface area contributed by atoms with Gasteiger partial charge in [-0.3, -0.25) is 9.89 Å². The van der Waals surface area contributed by atoms with Crippen LogP contribution in [0.1, 0.15) is 33.2 Å². The predicted molar refractivity (Wildman–Crippen MR) is 110 cm³/mol. The Morgan fingerprint density at radius 2 is 2.04 bits per heavy atom. The van der Waals surface area contributed by atoms with Gasteiger partial charge in [0.25, 0.3) is 0 Å². The molecule has 3 aromatic rings. The Morgan fingerprint density at radius 3 is 2.71 bits per heavy atom. The number of aromatic nitrogens is 5. The third kappa shape index (κ3) is 4.53. The molecule has 28 heavy (non-hydrogen) atoms. The number of carbonyl (C=O) groups excluding carboxylic acids is 1. The zero-order valence-corrected chi connectivity index (χ0v) is 17.2. The highest BCUT2D eigenvalue weighted by Gasteiger charge is 2.19. The van der Waals surface area contributed by atoms with Gasteiger partial charge in [-0.25, -0.2) is 9.67 Å². The van der Waals surface area contributed by atoms with Crippen LogP contribution in [0.15, 0.2) is 41.7 Å². The van der Waals surface area contributed by atoms with Gasteiger partial charge in [0.15, 0.2) is 5.82 Å². The number of methoxy groups -OCH3 is 1. The Bertz CT molecular complexity index is 921. The van der Waals surface area contributed by atoms with Crippen molar-refractivity contribution in [3.8, 4) is 17.1 Å². The third-order valence-electron chi connectivity index (χ3n) is 4.41. The highest BCUT2D eigenvalue weighted by molar-refractivity contribution is 8.00. The van der Waals surface area contributed by atoms with E-state index < -0.39 is 0 Å². The minimum absolute atomic E-state index is 0.120. The van der Waals surface area contributed by atoms with Gasteiger partial charge >= 0.3 is 0 Å². The van der Waals surface area contributed by atoms with Gasteiger partial charge in [0.2, 0.25) is 11.1 Å². The maximum atomic E-state index is 12.6. The molecule has 0 spiro atoms. The summed E-state index contributed by atoms with van der Waals surface area (Å²) in [5.74, 6) is 2.00. The largest absolute Gasteiger partial charge is 0.497 e. The lowest BCUT2D eigenvalue weighted by atomic mass is 10.2. The zero-order valence-electron chi connectivity index (χ0n) is 16.3. The van der Waals surface area contributed by atoms with Crippen molar-refractivity contribution in [2.75, 3.05) is 12.4 Å². The summed E-state index contributed by atoms with van der Waals surface area (Å²) in [5, 5.41) is 14.5. The van der Waals surface area contributed by atoms with Crippen LogP contribution < -0.4 is 10.1 Å². The maximum absolute atomic E-state index is 12.6. The van der Waals surface area contributed by atoms with Gasteiger partial charge in [-0.05, 0) is 44.5 Å². The monoisotopic (exact) mass is 400 g/mol. The number of H-pyrrole nitrogens is 1. The molecule has 0 aliphatic rings. The van der Waals surface area contributed by atoms with Gasteiger partial charge in [-0.15, -0.1) is 5.10 Å². The molecule has 0 saturated carbocycles. The molecule has 0 fully saturated rings. The molecule has 2 heterocycles. The first-order chi connectivity index (χ1) is 13.5. The number of amides is 1. The Hall–Kier alpha value is -2.81. The van der Waals surface area contributed by atoms with E-state index in [1.807, 2.05) is 35.9 Å². The Labute approximate surface area is 168 Å². The van der Waals surface area contributed by atoms with Crippen LogP contribution in [0.3, 0.4) is 0 Å². The number of thioether (sulfide) groups is 1. The molecule has 2 N–H and O–H groups in total. The summed E-state index contributed by atoms with van der Waals surface area (Å²) < 4.78 is 6.98. The van der Waals surface area contributed by atoms with Crippen LogP contribution in [0.4, 0.5) is 5.82 Å². The summed E-state index contributed by atoms with van der Waals surface area (Å²) >= 11 is 1.30. The fraction of sp³-hybridized carbons (Fsp3) is 0.368. The van der Waals surface area contributed by atoms with Crippen molar-refractivity contribution in [3.63, 3.8) is 0 Å². The quantitative estimate of drug-likeness (QED) is 0.559. The molecule has 3 rings (SSSR count). The Balaban J connectivity index is 1.63. The minimum Gasteiger partial charge on any atom is -0.497 e. The van der Waals surface area contributed by atoms with E-state index in [4.69, 9.17) is 4.74 Å². The van der Waals surface area contributed by atoms with E-state index in [1.54, 1.807) is 19.4 Å². The summed E-state index contributed by atoms with van der Waals surface area (Å²) in [5.41, 5.74) is 0.898. The predicted octanol–water partition coefficient (Wildman–Crippen LogP) is 3.77. The molecule has 148 valence electrons. The first-order valence-electron chi connectivity index (χ1n) is 9.09. The lowest BCUT2D eigenvalue weighted by Gasteiger charge is -2.15. The zero-order chi connectivity index (χ0) is 20.1. The van der Waals surface area contributed by atoms with E-state index in [-0.39, 0.29) is 17.2 Å². The molecule has 1 amide bonds.